The smallest absolute Gasteiger partial charge is 0.418 e. The van der Waals surface area contributed by atoms with Gasteiger partial charge in [-0.25, -0.2) is 0 Å². The van der Waals surface area contributed by atoms with E-state index in [1.807, 2.05) is 0 Å². The largest absolute Gasteiger partial charge is 0.673 e. The fraction of sp³-hybridized carbons (Fsp3) is 0.900. The average Bonchev–Trinajstić information content (AvgIpc) is 2.15. The van der Waals surface area contributed by atoms with Gasteiger partial charge in [-0.15, -0.1) is 0 Å². The fourth-order valence-corrected chi connectivity index (χ4v) is 3.34. The Labute approximate surface area is 102 Å². The zero-order valence-corrected chi connectivity index (χ0v) is 9.74. The van der Waals surface area contributed by atoms with Gasteiger partial charge in [0.1, 0.15) is 5.78 Å². The van der Waals surface area contributed by atoms with E-state index >= 15 is 0 Å². The Hall–Kier alpha value is -0.625. The number of rotatable bonds is 0. The maximum atomic E-state index is 11.5. The molecule has 0 aromatic heterocycles. The normalized spacial score (nSPS) is 42.3. The number of nitrogens with zero attached hydrogens (tertiary/aromatic N) is 1. The van der Waals surface area contributed by atoms with E-state index in [-0.39, 0.29) is 6.10 Å². The van der Waals surface area contributed by atoms with E-state index in [0.29, 0.717) is 30.3 Å². The van der Waals surface area contributed by atoms with Crippen molar-refractivity contribution < 1.29 is 27.2 Å². The van der Waals surface area contributed by atoms with Crippen molar-refractivity contribution in [2.45, 2.75) is 43.9 Å². The highest BCUT2D eigenvalue weighted by molar-refractivity contribution is 6.50. The minimum Gasteiger partial charge on any atom is -0.418 e. The van der Waals surface area contributed by atoms with E-state index in [1.165, 1.54) is 0 Å². The standard InChI is InChI=1S/C10H15NO2.BF4/c12-9-3-7-1-6-2-8(4-9)11(7)5-10(6)13;2-1(3,4)5/h6-9,12H,1-5H2;/q;-1. The lowest BCUT2D eigenvalue weighted by Crippen LogP contribution is -2.62. The second kappa shape index (κ2) is 4.81. The molecule has 0 saturated carbocycles. The third-order valence-corrected chi connectivity index (χ3v) is 3.93. The van der Waals surface area contributed by atoms with Gasteiger partial charge in [0, 0.05) is 18.0 Å². The molecule has 3 nitrogen and oxygen atoms in total. The summed E-state index contributed by atoms with van der Waals surface area (Å²) in [5, 5.41) is 9.60. The van der Waals surface area contributed by atoms with Crippen LogP contribution in [0.4, 0.5) is 17.3 Å². The first-order chi connectivity index (χ1) is 8.24. The lowest BCUT2D eigenvalue weighted by molar-refractivity contribution is -0.144. The van der Waals surface area contributed by atoms with Gasteiger partial charge in [0.25, 0.3) is 0 Å². The first-order valence-corrected chi connectivity index (χ1v) is 6.08. The van der Waals surface area contributed by atoms with Crippen molar-refractivity contribution in [3.8, 4) is 0 Å². The SMILES string of the molecule is F[B-](F)(F)F.O=C1CN2C3CC(O)CC2CC1C3. The van der Waals surface area contributed by atoms with Crippen molar-refractivity contribution in [2.24, 2.45) is 5.92 Å². The van der Waals surface area contributed by atoms with E-state index in [9.17, 15) is 27.2 Å². The van der Waals surface area contributed by atoms with E-state index in [1.54, 1.807) is 0 Å². The van der Waals surface area contributed by atoms with Gasteiger partial charge in [-0.05, 0) is 25.7 Å². The predicted molar refractivity (Wildman–Crippen MR) is 57.4 cm³/mol. The second-order valence-corrected chi connectivity index (χ2v) is 5.23. The topological polar surface area (TPSA) is 40.5 Å². The van der Waals surface area contributed by atoms with Crippen LogP contribution in [0.15, 0.2) is 0 Å². The number of fused-ring (bicyclic) bond motifs is 1. The monoisotopic (exact) mass is 268 g/mol. The maximum absolute atomic E-state index is 11.5. The number of aliphatic hydroxyl groups excluding tert-OH is 1. The number of hydrogen-bond donors (Lipinski definition) is 1. The fourth-order valence-electron chi connectivity index (χ4n) is 3.34. The minimum atomic E-state index is -6.00. The summed E-state index contributed by atoms with van der Waals surface area (Å²) in [6.45, 7) is 0.659. The maximum Gasteiger partial charge on any atom is 0.673 e. The van der Waals surface area contributed by atoms with Crippen LogP contribution in [0.3, 0.4) is 0 Å². The van der Waals surface area contributed by atoms with E-state index < -0.39 is 7.25 Å². The highest BCUT2D eigenvalue weighted by atomic mass is 19.5. The summed E-state index contributed by atoms with van der Waals surface area (Å²) in [6, 6.07) is 1.01. The average molecular weight is 268 g/mol. The molecule has 104 valence electrons. The van der Waals surface area contributed by atoms with Crippen molar-refractivity contribution in [1.82, 2.24) is 4.90 Å². The quantitative estimate of drug-likeness (QED) is 0.534. The third-order valence-electron chi connectivity index (χ3n) is 3.93. The van der Waals surface area contributed by atoms with Crippen LogP contribution in [-0.2, 0) is 4.79 Å². The van der Waals surface area contributed by atoms with Gasteiger partial charge in [0.05, 0.1) is 12.6 Å². The second-order valence-electron chi connectivity index (χ2n) is 5.23. The number of aliphatic hydroxyl groups is 1. The Bertz CT molecular complexity index is 316. The third kappa shape index (κ3) is 3.23. The molecule has 4 saturated heterocycles. The Morgan fingerprint density at radius 2 is 1.50 bits per heavy atom. The van der Waals surface area contributed by atoms with Gasteiger partial charge in [0.15, 0.2) is 0 Å². The summed E-state index contributed by atoms with van der Waals surface area (Å²) in [4.78, 5) is 13.8. The minimum absolute atomic E-state index is 0.111. The van der Waals surface area contributed by atoms with Gasteiger partial charge >= 0.3 is 7.25 Å². The van der Waals surface area contributed by atoms with Crippen LogP contribution < -0.4 is 0 Å². The van der Waals surface area contributed by atoms with Crippen molar-refractivity contribution in [2.75, 3.05) is 6.54 Å². The van der Waals surface area contributed by atoms with Crippen molar-refractivity contribution in [1.29, 1.82) is 0 Å². The lowest BCUT2D eigenvalue weighted by Gasteiger charge is -2.53. The van der Waals surface area contributed by atoms with Crippen LogP contribution in [0, 0.1) is 5.92 Å². The molecule has 18 heavy (non-hydrogen) atoms. The summed E-state index contributed by atoms with van der Waals surface area (Å²) in [5.41, 5.74) is 0. The number of carbonyl (C=O) groups is 1. The Morgan fingerprint density at radius 1 is 1.06 bits per heavy atom. The van der Waals surface area contributed by atoms with E-state index in [4.69, 9.17) is 0 Å². The number of piperidine rings is 4. The molecule has 0 aromatic carbocycles. The zero-order chi connectivity index (χ0) is 13.5. The van der Waals surface area contributed by atoms with Gasteiger partial charge in [-0.1, -0.05) is 0 Å². The molecule has 0 aliphatic carbocycles. The Balaban J connectivity index is 0.000000209. The molecule has 4 aliphatic heterocycles. The molecule has 4 aliphatic rings. The summed E-state index contributed by atoms with van der Waals surface area (Å²) < 4.78 is 39.0. The number of halogens is 4. The molecule has 4 rings (SSSR count). The van der Waals surface area contributed by atoms with Crippen LogP contribution in [0.2, 0.25) is 0 Å². The van der Waals surface area contributed by atoms with Gasteiger partial charge in [0.2, 0.25) is 0 Å². The summed E-state index contributed by atoms with van der Waals surface area (Å²) >= 11 is 0. The highest BCUT2D eigenvalue weighted by Gasteiger charge is 2.48. The van der Waals surface area contributed by atoms with Gasteiger partial charge < -0.3 is 22.4 Å². The van der Waals surface area contributed by atoms with Crippen LogP contribution in [0.5, 0.6) is 0 Å². The molecule has 2 atom stereocenters. The van der Waals surface area contributed by atoms with E-state index in [2.05, 4.69) is 4.90 Å². The molecular formula is C10H15BF4NO2-. The van der Waals surface area contributed by atoms with Crippen molar-refractivity contribution in [3.05, 3.63) is 0 Å². The first kappa shape index (κ1) is 13.8. The molecule has 4 fully saturated rings. The lowest BCUT2D eigenvalue weighted by atomic mass is 9.72. The van der Waals surface area contributed by atoms with Crippen LogP contribution in [0.25, 0.3) is 0 Å². The molecule has 4 bridgehead atoms. The number of hydrogen-bond acceptors (Lipinski definition) is 3. The molecule has 0 spiro atoms. The van der Waals surface area contributed by atoms with Gasteiger partial charge in [-0.3, -0.25) is 9.69 Å². The zero-order valence-electron chi connectivity index (χ0n) is 9.74. The molecule has 0 aromatic rings. The molecule has 0 amide bonds. The molecule has 1 N–H and O–H groups in total. The molecule has 8 heteroatoms. The summed E-state index contributed by atoms with van der Waals surface area (Å²) in [5.74, 6) is 0.761. The number of Topliss-reactive ketones (excluding diaryl/α,β-unsaturated/α-hetero) is 1. The summed E-state index contributed by atoms with van der Waals surface area (Å²) in [7, 11) is -6.00. The molecular weight excluding hydrogens is 253 g/mol. The van der Waals surface area contributed by atoms with Gasteiger partial charge in [-0.2, -0.15) is 0 Å². The van der Waals surface area contributed by atoms with E-state index in [0.717, 1.165) is 25.7 Å². The predicted octanol–water partition coefficient (Wildman–Crippen LogP) is 1.47. The number of ketones is 1. The van der Waals surface area contributed by atoms with Crippen molar-refractivity contribution >= 4 is 13.0 Å². The van der Waals surface area contributed by atoms with Crippen LogP contribution in [-0.4, -0.2) is 47.8 Å². The molecule has 2 unspecified atom stereocenters. The summed E-state index contributed by atoms with van der Waals surface area (Å²) in [6.07, 6.45) is 3.68. The highest BCUT2D eigenvalue weighted by Crippen LogP contribution is 2.41. The Morgan fingerprint density at radius 3 is 1.89 bits per heavy atom. The van der Waals surface area contributed by atoms with Crippen LogP contribution >= 0.6 is 0 Å². The molecule has 4 heterocycles. The Kier molecular flexibility index (Phi) is 3.69. The van der Waals surface area contributed by atoms with Crippen molar-refractivity contribution in [3.63, 3.8) is 0 Å². The van der Waals surface area contributed by atoms with Crippen LogP contribution in [0.1, 0.15) is 25.7 Å². The molecule has 0 radical (unpaired) electrons. The number of carbonyl (C=O) groups excluding carboxylic acids is 1. The first-order valence-electron chi connectivity index (χ1n) is 6.08.